The molecular formula is C15H22ClN3O3. The number of halogens is 1. The van der Waals surface area contributed by atoms with Crippen LogP contribution in [0.3, 0.4) is 0 Å². The summed E-state index contributed by atoms with van der Waals surface area (Å²) < 4.78 is 11.2. The molecular weight excluding hydrogens is 306 g/mol. The van der Waals surface area contributed by atoms with Gasteiger partial charge in [-0.25, -0.2) is 4.79 Å². The molecule has 1 aromatic heterocycles. The maximum Gasteiger partial charge on any atom is 0.410 e. The minimum absolute atomic E-state index is 0.115. The van der Waals surface area contributed by atoms with Crippen molar-refractivity contribution in [1.29, 1.82) is 0 Å². The van der Waals surface area contributed by atoms with Crippen molar-refractivity contribution in [3.63, 3.8) is 0 Å². The van der Waals surface area contributed by atoms with Gasteiger partial charge in [0.1, 0.15) is 11.7 Å². The standard InChI is InChI=1S/C15H22ClN3O3/c1-10-8-12(17-18-13(10)16)21-11-6-5-7-19(9-11)14(20)22-15(2,3)4/h8,11H,5-7,9H2,1-4H3. The Morgan fingerprint density at radius 1 is 1.41 bits per heavy atom. The van der Waals surface area contributed by atoms with Crippen molar-refractivity contribution in [3.8, 4) is 5.88 Å². The molecule has 2 rings (SSSR count). The first-order valence-electron chi connectivity index (χ1n) is 7.39. The average Bonchev–Trinajstić information content (AvgIpc) is 2.41. The van der Waals surface area contributed by atoms with Crippen molar-refractivity contribution in [1.82, 2.24) is 15.1 Å². The van der Waals surface area contributed by atoms with Gasteiger partial charge in [0.25, 0.3) is 0 Å². The summed E-state index contributed by atoms with van der Waals surface area (Å²) in [5.41, 5.74) is 0.315. The fraction of sp³-hybridized carbons (Fsp3) is 0.667. The maximum atomic E-state index is 12.1. The van der Waals surface area contributed by atoms with Gasteiger partial charge < -0.3 is 14.4 Å². The van der Waals surface area contributed by atoms with Crippen molar-refractivity contribution in [2.45, 2.75) is 52.2 Å². The molecule has 0 saturated carbocycles. The van der Waals surface area contributed by atoms with Crippen LogP contribution in [0.25, 0.3) is 0 Å². The van der Waals surface area contributed by atoms with Crippen LogP contribution in [0.2, 0.25) is 5.15 Å². The van der Waals surface area contributed by atoms with E-state index in [1.807, 2.05) is 27.7 Å². The summed E-state index contributed by atoms with van der Waals surface area (Å²) >= 11 is 5.85. The molecule has 0 aliphatic carbocycles. The van der Waals surface area contributed by atoms with E-state index in [1.165, 1.54) is 0 Å². The Bertz CT molecular complexity index is 545. The van der Waals surface area contributed by atoms with Crippen molar-refractivity contribution in [2.75, 3.05) is 13.1 Å². The number of hydrogen-bond donors (Lipinski definition) is 0. The molecule has 1 saturated heterocycles. The van der Waals surface area contributed by atoms with Crippen molar-refractivity contribution in [2.24, 2.45) is 0 Å². The van der Waals surface area contributed by atoms with Crippen molar-refractivity contribution in [3.05, 3.63) is 16.8 Å². The van der Waals surface area contributed by atoms with E-state index in [4.69, 9.17) is 21.1 Å². The first-order chi connectivity index (χ1) is 10.2. The van der Waals surface area contributed by atoms with Crippen molar-refractivity contribution >= 4 is 17.7 Å². The molecule has 0 bridgehead atoms. The number of likely N-dealkylation sites (tertiary alicyclic amines) is 1. The van der Waals surface area contributed by atoms with E-state index in [9.17, 15) is 4.79 Å². The van der Waals surface area contributed by atoms with Gasteiger partial charge in [-0.15, -0.1) is 10.2 Å². The summed E-state index contributed by atoms with van der Waals surface area (Å²) in [7, 11) is 0. The molecule has 1 aliphatic rings. The van der Waals surface area contributed by atoms with E-state index in [1.54, 1.807) is 11.0 Å². The molecule has 1 unspecified atom stereocenters. The van der Waals surface area contributed by atoms with E-state index in [2.05, 4.69) is 10.2 Å². The third-order valence-corrected chi connectivity index (χ3v) is 3.59. The highest BCUT2D eigenvalue weighted by Crippen LogP contribution is 2.21. The number of rotatable bonds is 2. The van der Waals surface area contributed by atoms with E-state index in [-0.39, 0.29) is 12.2 Å². The second-order valence-electron chi connectivity index (χ2n) is 6.46. The Kier molecular flexibility index (Phi) is 5.11. The Balaban J connectivity index is 1.95. The van der Waals surface area contributed by atoms with E-state index < -0.39 is 5.60 Å². The first kappa shape index (κ1) is 16.8. The lowest BCUT2D eigenvalue weighted by Gasteiger charge is -2.33. The highest BCUT2D eigenvalue weighted by molar-refractivity contribution is 6.30. The second kappa shape index (κ2) is 6.69. The maximum absolute atomic E-state index is 12.1. The average molecular weight is 328 g/mol. The fourth-order valence-corrected chi connectivity index (χ4v) is 2.29. The van der Waals surface area contributed by atoms with Crippen LogP contribution in [0.15, 0.2) is 6.07 Å². The molecule has 0 spiro atoms. The molecule has 1 atom stereocenters. The summed E-state index contributed by atoms with van der Waals surface area (Å²) in [5.74, 6) is 0.429. The normalized spacial score (nSPS) is 19.0. The molecule has 0 radical (unpaired) electrons. The van der Waals surface area contributed by atoms with Crippen LogP contribution in [0.4, 0.5) is 4.79 Å². The zero-order valence-electron chi connectivity index (χ0n) is 13.4. The number of aryl methyl sites for hydroxylation is 1. The van der Waals surface area contributed by atoms with Crippen LogP contribution in [0.1, 0.15) is 39.2 Å². The van der Waals surface area contributed by atoms with Crippen LogP contribution in [-0.4, -0.2) is 46.0 Å². The lowest BCUT2D eigenvalue weighted by Crippen LogP contribution is -2.46. The summed E-state index contributed by atoms with van der Waals surface area (Å²) in [6, 6.07) is 1.75. The van der Waals surface area contributed by atoms with Crippen molar-refractivity contribution < 1.29 is 14.3 Å². The van der Waals surface area contributed by atoms with Crippen LogP contribution < -0.4 is 4.74 Å². The lowest BCUT2D eigenvalue weighted by molar-refractivity contribution is 0.00711. The number of piperidine rings is 1. The Morgan fingerprint density at radius 3 is 2.77 bits per heavy atom. The minimum atomic E-state index is -0.496. The molecule has 22 heavy (non-hydrogen) atoms. The largest absolute Gasteiger partial charge is 0.471 e. The Hall–Kier alpha value is -1.56. The molecule has 6 nitrogen and oxygen atoms in total. The molecule has 122 valence electrons. The molecule has 1 amide bonds. The van der Waals surface area contributed by atoms with E-state index >= 15 is 0 Å². The molecule has 2 heterocycles. The highest BCUT2D eigenvalue weighted by atomic mass is 35.5. The van der Waals surface area contributed by atoms with Crippen LogP contribution in [-0.2, 0) is 4.74 Å². The topological polar surface area (TPSA) is 64.5 Å². The molecule has 1 aliphatic heterocycles. The zero-order valence-corrected chi connectivity index (χ0v) is 14.2. The smallest absolute Gasteiger partial charge is 0.410 e. The monoisotopic (exact) mass is 327 g/mol. The summed E-state index contributed by atoms with van der Waals surface area (Å²) in [6.45, 7) is 8.58. The minimum Gasteiger partial charge on any atom is -0.471 e. The lowest BCUT2D eigenvalue weighted by atomic mass is 10.1. The number of carbonyl (C=O) groups is 1. The quantitative estimate of drug-likeness (QED) is 0.834. The molecule has 1 aromatic rings. The predicted molar refractivity (Wildman–Crippen MR) is 83.2 cm³/mol. The van der Waals surface area contributed by atoms with Gasteiger partial charge in [0.2, 0.25) is 5.88 Å². The van der Waals surface area contributed by atoms with E-state index in [0.717, 1.165) is 18.4 Å². The van der Waals surface area contributed by atoms with Gasteiger partial charge >= 0.3 is 6.09 Å². The Labute approximate surface area is 135 Å². The van der Waals surface area contributed by atoms with Gasteiger partial charge in [-0.05, 0) is 46.1 Å². The van der Waals surface area contributed by atoms with Crippen LogP contribution >= 0.6 is 11.6 Å². The fourth-order valence-electron chi connectivity index (χ4n) is 2.20. The van der Waals surface area contributed by atoms with E-state index in [0.29, 0.717) is 24.1 Å². The summed E-state index contributed by atoms with van der Waals surface area (Å²) in [5, 5.41) is 8.12. The van der Waals surface area contributed by atoms with Crippen LogP contribution in [0.5, 0.6) is 5.88 Å². The first-order valence-corrected chi connectivity index (χ1v) is 7.77. The van der Waals surface area contributed by atoms with Gasteiger partial charge in [-0.3, -0.25) is 0 Å². The van der Waals surface area contributed by atoms with Gasteiger partial charge in [0, 0.05) is 12.6 Å². The number of amides is 1. The third kappa shape index (κ3) is 4.73. The molecule has 7 heteroatoms. The number of ether oxygens (including phenoxy) is 2. The van der Waals surface area contributed by atoms with Gasteiger partial charge in [0.05, 0.1) is 6.54 Å². The summed E-state index contributed by atoms with van der Waals surface area (Å²) in [6.07, 6.45) is 1.31. The SMILES string of the molecule is Cc1cc(OC2CCCN(C(=O)OC(C)(C)C)C2)nnc1Cl. The highest BCUT2D eigenvalue weighted by Gasteiger charge is 2.28. The van der Waals surface area contributed by atoms with Crippen LogP contribution in [0, 0.1) is 6.92 Å². The van der Waals surface area contributed by atoms with Gasteiger partial charge in [-0.1, -0.05) is 11.6 Å². The molecule has 1 fully saturated rings. The number of nitrogens with zero attached hydrogens (tertiary/aromatic N) is 3. The molecule has 0 aromatic carbocycles. The molecule has 0 N–H and O–H groups in total. The predicted octanol–water partition coefficient (Wildman–Crippen LogP) is 3.22. The number of carbonyl (C=O) groups excluding carboxylic acids is 1. The number of aromatic nitrogens is 2. The second-order valence-corrected chi connectivity index (χ2v) is 6.82. The zero-order chi connectivity index (χ0) is 16.3. The third-order valence-electron chi connectivity index (χ3n) is 3.22. The van der Waals surface area contributed by atoms with Gasteiger partial charge in [-0.2, -0.15) is 0 Å². The number of hydrogen-bond acceptors (Lipinski definition) is 5. The summed E-state index contributed by atoms with van der Waals surface area (Å²) in [4.78, 5) is 13.8. The Morgan fingerprint density at radius 2 is 2.14 bits per heavy atom. The van der Waals surface area contributed by atoms with Gasteiger partial charge in [0.15, 0.2) is 5.15 Å².